The first-order chi connectivity index (χ1) is 3.13. The molecule has 0 spiro atoms. The molecule has 0 aromatic rings. The first kappa shape index (κ1) is 11.1. The summed E-state index contributed by atoms with van der Waals surface area (Å²) in [6.45, 7) is 0. The van der Waals surface area contributed by atoms with Gasteiger partial charge in [0.25, 0.3) is 0 Å². The van der Waals surface area contributed by atoms with Crippen LogP contribution in [0, 0.1) is 0 Å². The van der Waals surface area contributed by atoms with Crippen LogP contribution in [0.4, 0.5) is 0 Å². The van der Waals surface area contributed by atoms with Crippen LogP contribution in [0.15, 0.2) is 0 Å². The fraction of sp³-hybridized carbons (Fsp3) is 0.333. The third-order valence-electron chi connectivity index (χ3n) is 0.302. The van der Waals surface area contributed by atoms with Crippen molar-refractivity contribution in [2.45, 2.75) is 6.42 Å². The summed E-state index contributed by atoms with van der Waals surface area (Å²) in [5.74, 6) is -2.62. The Morgan fingerprint density at radius 1 is 1.25 bits per heavy atom. The van der Waals surface area contributed by atoms with E-state index < -0.39 is 18.4 Å². The van der Waals surface area contributed by atoms with Crippen molar-refractivity contribution in [2.24, 2.45) is 0 Å². The smallest absolute Gasteiger partial charge is 1.00 e. The fourth-order valence-corrected chi connectivity index (χ4v) is 0.129. The van der Waals surface area contributed by atoms with E-state index in [-0.39, 0.29) is 40.6 Å². The van der Waals surface area contributed by atoms with Crippen LogP contribution in [-0.2, 0) is 9.59 Å². The number of rotatable bonds is 2. The zero-order chi connectivity index (χ0) is 5.86. The maximum Gasteiger partial charge on any atom is 2.00 e. The van der Waals surface area contributed by atoms with Gasteiger partial charge in [0.05, 0.1) is 0 Å². The fourth-order valence-electron chi connectivity index (χ4n) is 0.129. The molecule has 4 nitrogen and oxygen atoms in total. The molecule has 0 radical (unpaired) electrons. The molecule has 0 saturated carbocycles. The standard InChI is InChI=1S/C3H4O4.Ca.2H/c4-2(5)1-3(6)7;;;/h1H2,(H,4,5)(H,6,7);;;/q;+2;2*-1. The van der Waals surface area contributed by atoms with E-state index in [1.807, 2.05) is 0 Å². The average molecular weight is 146 g/mol. The molecule has 0 fully saturated rings. The van der Waals surface area contributed by atoms with Crippen LogP contribution in [0.2, 0.25) is 0 Å². The number of hydrogen-bond donors (Lipinski definition) is 2. The number of carboxylic acid groups (broad SMARTS) is 2. The van der Waals surface area contributed by atoms with Crippen molar-refractivity contribution in [2.75, 3.05) is 0 Å². The van der Waals surface area contributed by atoms with Crippen molar-refractivity contribution in [3.8, 4) is 0 Å². The molecule has 0 atom stereocenters. The van der Waals surface area contributed by atoms with Crippen molar-refractivity contribution in [1.82, 2.24) is 0 Å². The van der Waals surface area contributed by atoms with Crippen molar-refractivity contribution in [3.63, 3.8) is 0 Å². The molecular weight excluding hydrogens is 140 g/mol. The predicted octanol–water partition coefficient (Wildman–Crippen LogP) is -0.610. The van der Waals surface area contributed by atoms with Gasteiger partial charge in [-0.15, -0.1) is 0 Å². The van der Waals surface area contributed by atoms with Crippen molar-refractivity contribution < 1.29 is 22.7 Å². The van der Waals surface area contributed by atoms with Gasteiger partial charge in [-0.3, -0.25) is 9.59 Å². The van der Waals surface area contributed by atoms with E-state index in [0.717, 1.165) is 0 Å². The first-order valence-electron chi connectivity index (χ1n) is 1.56. The Kier molecular flexibility index (Phi) is 7.38. The maximum atomic E-state index is 9.43. The molecule has 5 heteroatoms. The van der Waals surface area contributed by atoms with Crippen LogP contribution < -0.4 is 0 Å². The van der Waals surface area contributed by atoms with Gasteiger partial charge < -0.3 is 13.1 Å². The largest absolute Gasteiger partial charge is 2.00 e. The van der Waals surface area contributed by atoms with Crippen LogP contribution in [0.1, 0.15) is 9.27 Å². The van der Waals surface area contributed by atoms with E-state index in [4.69, 9.17) is 10.2 Å². The second-order valence-electron chi connectivity index (χ2n) is 0.964. The molecule has 0 aliphatic carbocycles. The SMILES string of the molecule is O=C(O)CC(=O)O.[Ca+2].[H-].[H-]. The second-order valence-corrected chi connectivity index (χ2v) is 0.964. The summed E-state index contributed by atoms with van der Waals surface area (Å²) in [5.41, 5.74) is 0. The van der Waals surface area contributed by atoms with Gasteiger partial charge in [-0.1, -0.05) is 0 Å². The van der Waals surface area contributed by atoms with Crippen LogP contribution >= 0.6 is 0 Å². The quantitative estimate of drug-likeness (QED) is 0.402. The van der Waals surface area contributed by atoms with E-state index in [1.54, 1.807) is 0 Å². The van der Waals surface area contributed by atoms with Gasteiger partial charge in [0.2, 0.25) is 0 Å². The van der Waals surface area contributed by atoms with Gasteiger partial charge in [0, 0.05) is 0 Å². The molecule has 0 heterocycles. The topological polar surface area (TPSA) is 74.6 Å². The molecule has 0 rings (SSSR count). The summed E-state index contributed by atoms with van der Waals surface area (Å²) in [7, 11) is 0. The summed E-state index contributed by atoms with van der Waals surface area (Å²) in [6, 6.07) is 0. The van der Waals surface area contributed by atoms with Crippen molar-refractivity contribution >= 4 is 49.7 Å². The summed E-state index contributed by atoms with van der Waals surface area (Å²) >= 11 is 0. The number of carbonyl (C=O) groups is 2. The Morgan fingerprint density at radius 3 is 1.50 bits per heavy atom. The summed E-state index contributed by atoms with van der Waals surface area (Å²) < 4.78 is 0. The van der Waals surface area contributed by atoms with Crippen LogP contribution in [0.5, 0.6) is 0 Å². The number of hydrogen-bond acceptors (Lipinski definition) is 2. The van der Waals surface area contributed by atoms with Gasteiger partial charge in [-0.2, -0.15) is 0 Å². The number of carboxylic acids is 2. The zero-order valence-corrected chi connectivity index (χ0v) is 6.33. The first-order valence-corrected chi connectivity index (χ1v) is 1.56. The van der Waals surface area contributed by atoms with Gasteiger partial charge in [-0.25, -0.2) is 0 Å². The third kappa shape index (κ3) is 9.50. The summed E-state index contributed by atoms with van der Waals surface area (Å²) in [4.78, 5) is 18.9. The van der Waals surface area contributed by atoms with Gasteiger partial charge in [0.1, 0.15) is 6.42 Å². The van der Waals surface area contributed by atoms with Crippen molar-refractivity contribution in [3.05, 3.63) is 0 Å². The Bertz CT molecular complexity index is 94.7. The van der Waals surface area contributed by atoms with Gasteiger partial charge in [0.15, 0.2) is 0 Å². The predicted molar refractivity (Wildman–Crippen MR) is 27.9 cm³/mol. The summed E-state index contributed by atoms with van der Waals surface area (Å²) in [5, 5.41) is 15.4. The van der Waals surface area contributed by atoms with Crippen LogP contribution in [0.25, 0.3) is 0 Å². The Hall–Kier alpha value is 0.200. The van der Waals surface area contributed by atoms with E-state index in [2.05, 4.69) is 0 Å². The molecule has 0 saturated heterocycles. The minimum absolute atomic E-state index is 0. The van der Waals surface area contributed by atoms with Gasteiger partial charge >= 0.3 is 49.7 Å². The molecule has 0 unspecified atom stereocenters. The monoisotopic (exact) mass is 146 g/mol. The van der Waals surface area contributed by atoms with E-state index >= 15 is 0 Å². The van der Waals surface area contributed by atoms with E-state index in [0.29, 0.717) is 0 Å². The van der Waals surface area contributed by atoms with Gasteiger partial charge in [-0.05, 0) is 0 Å². The Balaban J connectivity index is -0.0000000600. The summed E-state index contributed by atoms with van der Waals surface area (Å²) in [6.07, 6.45) is -0.806. The molecule has 8 heavy (non-hydrogen) atoms. The van der Waals surface area contributed by atoms with E-state index in [9.17, 15) is 9.59 Å². The molecule has 0 amide bonds. The minimum Gasteiger partial charge on any atom is -1.00 e. The molecule has 0 aromatic heterocycles. The third-order valence-corrected chi connectivity index (χ3v) is 0.302. The molecule has 0 aliphatic heterocycles. The van der Waals surface area contributed by atoms with E-state index in [1.165, 1.54) is 0 Å². The minimum atomic E-state index is -1.31. The Labute approximate surface area is 78.5 Å². The second kappa shape index (κ2) is 5.34. The average Bonchev–Trinajstić information content (AvgIpc) is 1.27. The molecule has 44 valence electrons. The molecule has 0 aliphatic rings. The molecular formula is C3H6CaO4. The van der Waals surface area contributed by atoms with Crippen LogP contribution in [0.3, 0.4) is 0 Å². The molecule has 0 aromatic carbocycles. The normalized spacial score (nSPS) is 7.00. The zero-order valence-electron chi connectivity index (χ0n) is 6.13. The maximum absolute atomic E-state index is 9.43. The Morgan fingerprint density at radius 2 is 1.50 bits per heavy atom. The van der Waals surface area contributed by atoms with Crippen molar-refractivity contribution in [1.29, 1.82) is 0 Å². The van der Waals surface area contributed by atoms with Crippen LogP contribution in [-0.4, -0.2) is 59.9 Å². The molecule has 2 N–H and O–H groups in total. The number of aliphatic carboxylic acids is 2. The molecule has 0 bridgehead atoms.